The SMILES string of the molecule is CNc1cncc(Sc2nc3ccccc3o2)n1. The minimum atomic E-state index is 0.568. The van der Waals surface area contributed by atoms with Gasteiger partial charge in [0, 0.05) is 7.05 Å². The molecule has 3 aromatic rings. The molecule has 2 heterocycles. The van der Waals surface area contributed by atoms with Gasteiger partial charge in [-0.15, -0.1) is 0 Å². The third-order valence-corrected chi connectivity index (χ3v) is 3.09. The number of nitrogens with one attached hydrogen (secondary N) is 1. The predicted molar refractivity (Wildman–Crippen MR) is 69.7 cm³/mol. The summed E-state index contributed by atoms with van der Waals surface area (Å²) >= 11 is 1.35. The quantitative estimate of drug-likeness (QED) is 0.779. The van der Waals surface area contributed by atoms with Gasteiger partial charge in [0.15, 0.2) is 5.58 Å². The molecule has 3 rings (SSSR count). The van der Waals surface area contributed by atoms with Gasteiger partial charge in [-0.2, -0.15) is 0 Å². The van der Waals surface area contributed by atoms with Gasteiger partial charge in [-0.05, 0) is 23.9 Å². The van der Waals surface area contributed by atoms with Crippen molar-refractivity contribution in [1.82, 2.24) is 15.0 Å². The number of oxazole rings is 1. The van der Waals surface area contributed by atoms with E-state index in [9.17, 15) is 0 Å². The Hall–Kier alpha value is -2.08. The zero-order valence-corrected chi connectivity index (χ0v) is 10.4. The molecule has 18 heavy (non-hydrogen) atoms. The second kappa shape index (κ2) is 4.66. The molecule has 0 unspecified atom stereocenters. The van der Waals surface area contributed by atoms with Crippen LogP contribution in [0.3, 0.4) is 0 Å². The molecule has 0 bridgehead atoms. The van der Waals surface area contributed by atoms with Crippen molar-refractivity contribution < 1.29 is 4.42 Å². The summed E-state index contributed by atoms with van der Waals surface area (Å²) in [6.07, 6.45) is 3.34. The second-order valence-electron chi connectivity index (χ2n) is 3.54. The number of anilines is 1. The molecule has 5 nitrogen and oxygen atoms in total. The van der Waals surface area contributed by atoms with Crippen molar-refractivity contribution in [2.45, 2.75) is 10.2 Å². The van der Waals surface area contributed by atoms with Crippen LogP contribution in [-0.4, -0.2) is 22.0 Å². The summed E-state index contributed by atoms with van der Waals surface area (Å²) in [5, 5.41) is 4.25. The average molecular weight is 258 g/mol. The zero-order valence-electron chi connectivity index (χ0n) is 9.62. The minimum absolute atomic E-state index is 0.568. The standard InChI is InChI=1S/C12H10N4OS/c1-13-10-6-14-7-11(16-10)18-12-15-8-4-2-3-5-9(8)17-12/h2-7H,1H3,(H,13,16). The van der Waals surface area contributed by atoms with Gasteiger partial charge in [-0.1, -0.05) is 12.1 Å². The molecular weight excluding hydrogens is 248 g/mol. The van der Waals surface area contributed by atoms with Crippen LogP contribution in [0.1, 0.15) is 0 Å². The van der Waals surface area contributed by atoms with Crippen LogP contribution in [0.4, 0.5) is 5.82 Å². The van der Waals surface area contributed by atoms with E-state index in [4.69, 9.17) is 4.42 Å². The lowest BCUT2D eigenvalue weighted by Gasteiger charge is -1.99. The molecule has 0 aliphatic heterocycles. The number of para-hydroxylation sites is 2. The number of hydrogen-bond acceptors (Lipinski definition) is 6. The largest absolute Gasteiger partial charge is 0.431 e. The third kappa shape index (κ3) is 2.14. The van der Waals surface area contributed by atoms with Crippen molar-refractivity contribution in [1.29, 1.82) is 0 Å². The van der Waals surface area contributed by atoms with E-state index >= 15 is 0 Å². The normalized spacial score (nSPS) is 10.7. The number of benzene rings is 1. The maximum absolute atomic E-state index is 5.61. The summed E-state index contributed by atoms with van der Waals surface area (Å²) < 4.78 is 5.61. The summed E-state index contributed by atoms with van der Waals surface area (Å²) in [6, 6.07) is 7.66. The average Bonchev–Trinajstić information content (AvgIpc) is 2.81. The van der Waals surface area contributed by atoms with E-state index in [-0.39, 0.29) is 0 Å². The molecule has 0 spiro atoms. The van der Waals surface area contributed by atoms with E-state index in [1.807, 2.05) is 24.3 Å². The fourth-order valence-corrected chi connectivity index (χ4v) is 2.21. The highest BCUT2D eigenvalue weighted by atomic mass is 32.2. The first kappa shape index (κ1) is 11.0. The molecule has 0 saturated carbocycles. The summed E-state index contributed by atoms with van der Waals surface area (Å²) in [5.74, 6) is 0.719. The molecule has 0 saturated heterocycles. The lowest BCUT2D eigenvalue weighted by Crippen LogP contribution is -1.93. The molecule has 0 aliphatic rings. The van der Waals surface area contributed by atoms with E-state index in [1.54, 1.807) is 19.4 Å². The molecule has 0 aliphatic carbocycles. The molecule has 0 fully saturated rings. The maximum Gasteiger partial charge on any atom is 0.263 e. The molecule has 1 N–H and O–H groups in total. The molecule has 90 valence electrons. The van der Waals surface area contributed by atoms with Crippen molar-refractivity contribution in [2.24, 2.45) is 0 Å². The monoisotopic (exact) mass is 258 g/mol. The minimum Gasteiger partial charge on any atom is -0.431 e. The van der Waals surface area contributed by atoms with E-state index in [2.05, 4.69) is 20.3 Å². The number of fused-ring (bicyclic) bond motifs is 1. The number of rotatable bonds is 3. The molecule has 1 aromatic carbocycles. The van der Waals surface area contributed by atoms with Crippen LogP contribution >= 0.6 is 11.8 Å². The summed E-state index contributed by atoms with van der Waals surface area (Å²) in [7, 11) is 1.80. The Morgan fingerprint density at radius 3 is 2.89 bits per heavy atom. The van der Waals surface area contributed by atoms with Crippen LogP contribution in [0.5, 0.6) is 0 Å². The van der Waals surface area contributed by atoms with Crippen LogP contribution in [0, 0.1) is 0 Å². The number of aromatic nitrogens is 3. The third-order valence-electron chi connectivity index (χ3n) is 2.33. The Balaban J connectivity index is 1.91. The van der Waals surface area contributed by atoms with Crippen LogP contribution in [0.25, 0.3) is 11.1 Å². The van der Waals surface area contributed by atoms with Gasteiger partial charge in [0.25, 0.3) is 5.22 Å². The van der Waals surface area contributed by atoms with Crippen molar-refractivity contribution in [3.05, 3.63) is 36.7 Å². The Morgan fingerprint density at radius 1 is 1.17 bits per heavy atom. The van der Waals surface area contributed by atoms with Crippen LogP contribution in [-0.2, 0) is 0 Å². The molecule has 0 atom stereocenters. The smallest absolute Gasteiger partial charge is 0.263 e. The van der Waals surface area contributed by atoms with Gasteiger partial charge >= 0.3 is 0 Å². The lowest BCUT2D eigenvalue weighted by atomic mass is 10.3. The topological polar surface area (TPSA) is 63.8 Å². The van der Waals surface area contributed by atoms with Crippen molar-refractivity contribution in [2.75, 3.05) is 12.4 Å². The van der Waals surface area contributed by atoms with Gasteiger partial charge in [-0.3, -0.25) is 4.98 Å². The fourth-order valence-electron chi connectivity index (χ4n) is 1.50. The van der Waals surface area contributed by atoms with Crippen LogP contribution in [0.2, 0.25) is 0 Å². The second-order valence-corrected chi connectivity index (χ2v) is 4.51. The lowest BCUT2D eigenvalue weighted by molar-refractivity contribution is 0.489. The molecule has 0 radical (unpaired) electrons. The van der Waals surface area contributed by atoms with Crippen LogP contribution < -0.4 is 5.32 Å². The Morgan fingerprint density at radius 2 is 2.06 bits per heavy atom. The first-order valence-corrected chi connectivity index (χ1v) is 6.20. The van der Waals surface area contributed by atoms with Crippen LogP contribution in [0.15, 0.2) is 51.3 Å². The van der Waals surface area contributed by atoms with Gasteiger partial charge in [0.1, 0.15) is 16.4 Å². The summed E-state index contributed by atoms with van der Waals surface area (Å²) in [6.45, 7) is 0. The first-order chi connectivity index (χ1) is 8.85. The van der Waals surface area contributed by atoms with E-state index < -0.39 is 0 Å². The fraction of sp³-hybridized carbons (Fsp3) is 0.0833. The Bertz CT molecular complexity index is 649. The highest BCUT2D eigenvalue weighted by molar-refractivity contribution is 7.99. The summed E-state index contributed by atoms with van der Waals surface area (Å²) in [4.78, 5) is 12.8. The Labute approximate surface area is 108 Å². The molecular formula is C12H10N4OS. The molecule has 2 aromatic heterocycles. The summed E-state index contributed by atoms with van der Waals surface area (Å²) in [5.41, 5.74) is 1.62. The number of nitrogens with zero attached hydrogens (tertiary/aromatic N) is 3. The van der Waals surface area contributed by atoms with E-state index in [0.717, 1.165) is 21.9 Å². The first-order valence-electron chi connectivity index (χ1n) is 5.38. The molecule has 0 amide bonds. The van der Waals surface area contributed by atoms with E-state index in [1.165, 1.54) is 11.8 Å². The highest BCUT2D eigenvalue weighted by Crippen LogP contribution is 2.28. The van der Waals surface area contributed by atoms with Gasteiger partial charge in [0.2, 0.25) is 0 Å². The predicted octanol–water partition coefficient (Wildman–Crippen LogP) is 2.81. The highest BCUT2D eigenvalue weighted by Gasteiger charge is 2.08. The number of hydrogen-bond donors (Lipinski definition) is 1. The van der Waals surface area contributed by atoms with Crippen molar-refractivity contribution >= 4 is 28.7 Å². The van der Waals surface area contributed by atoms with Gasteiger partial charge in [-0.25, -0.2) is 9.97 Å². The van der Waals surface area contributed by atoms with Gasteiger partial charge < -0.3 is 9.73 Å². The van der Waals surface area contributed by atoms with Crippen molar-refractivity contribution in [3.8, 4) is 0 Å². The zero-order chi connectivity index (χ0) is 12.4. The molecule has 6 heteroatoms. The van der Waals surface area contributed by atoms with Gasteiger partial charge in [0.05, 0.1) is 12.4 Å². The Kier molecular flexibility index (Phi) is 2.85. The maximum atomic E-state index is 5.61. The van der Waals surface area contributed by atoms with Crippen molar-refractivity contribution in [3.63, 3.8) is 0 Å². The van der Waals surface area contributed by atoms with E-state index in [0.29, 0.717) is 5.22 Å².